The second-order valence-electron chi connectivity index (χ2n) is 17.2. The van der Waals surface area contributed by atoms with Gasteiger partial charge in [-0.15, -0.1) is 0 Å². The zero-order valence-electron chi connectivity index (χ0n) is 33.0. The monoisotopic (exact) mass is 734 g/mol. The average molecular weight is 735 g/mol. The Bertz CT molecular complexity index is 1340. The molecule has 0 radical (unpaired) electrons. The minimum atomic E-state index is -1.64. The molecular formula is C41H66O11. The SMILES string of the molecule is CCC(C(=O)O)C1CCCC(C(C)C(O)C(C)C(=O)C(CC)C2OC3(OC4(C=CC3=O)CCC(C)(C3CCC(O)(CC)C(C)O3)O4)C(C)CC2C)O1. The van der Waals surface area contributed by atoms with Crippen LogP contribution in [0.4, 0.5) is 0 Å². The van der Waals surface area contributed by atoms with E-state index in [1.54, 1.807) is 13.0 Å². The van der Waals surface area contributed by atoms with Crippen LogP contribution in [0.2, 0.25) is 0 Å². The van der Waals surface area contributed by atoms with E-state index in [1.165, 1.54) is 6.08 Å². The van der Waals surface area contributed by atoms with E-state index in [0.29, 0.717) is 64.2 Å². The van der Waals surface area contributed by atoms with E-state index in [4.69, 9.17) is 23.7 Å². The Morgan fingerprint density at radius 3 is 2.23 bits per heavy atom. The first-order chi connectivity index (χ1) is 24.4. The summed E-state index contributed by atoms with van der Waals surface area (Å²) in [7, 11) is 0. The molecule has 11 heteroatoms. The lowest BCUT2D eigenvalue weighted by Crippen LogP contribution is -2.63. The molecule has 5 heterocycles. The van der Waals surface area contributed by atoms with Gasteiger partial charge in [0.1, 0.15) is 5.78 Å². The lowest BCUT2D eigenvalue weighted by atomic mass is 9.73. The summed E-state index contributed by atoms with van der Waals surface area (Å²) < 4.78 is 33.1. The third kappa shape index (κ3) is 7.58. The van der Waals surface area contributed by atoms with E-state index in [0.717, 1.165) is 6.42 Å². The maximum Gasteiger partial charge on any atom is 0.309 e. The van der Waals surface area contributed by atoms with E-state index in [9.17, 15) is 29.7 Å². The first-order valence-electron chi connectivity index (χ1n) is 20.2. The summed E-state index contributed by atoms with van der Waals surface area (Å²) in [5.41, 5.74) is -1.58. The van der Waals surface area contributed by atoms with E-state index >= 15 is 0 Å². The molecule has 3 N–H and O–H groups in total. The molecule has 0 aromatic rings. The molecule has 0 amide bonds. The van der Waals surface area contributed by atoms with Crippen LogP contribution < -0.4 is 0 Å². The number of carbonyl (C=O) groups is 3. The first kappa shape index (κ1) is 41.4. The topological polar surface area (TPSA) is 158 Å². The standard InChI is InChI=1S/C41H66O11/c1-10-28(37(45)46)31-15-13-14-30(49-31)25(6)34(43)26(7)35(44)29(11-2)36-23(4)22-24(5)41(50-36)32(42)16-19-40(52-41)21-20-38(9,51-40)33-17-18-39(47,12-3)27(8)48-33/h16,19,23-31,33-34,36,43,47H,10-15,17-18,20-22H2,1-9H3,(H,45,46). The maximum atomic E-state index is 14.3. The van der Waals surface area contributed by atoms with Gasteiger partial charge in [-0.25, -0.2) is 0 Å². The molecule has 0 aromatic heterocycles. The van der Waals surface area contributed by atoms with Gasteiger partial charge < -0.3 is 39.0 Å². The van der Waals surface area contributed by atoms with Crippen LogP contribution in [0.15, 0.2) is 12.2 Å². The van der Waals surface area contributed by atoms with Crippen molar-refractivity contribution in [3.63, 3.8) is 0 Å². The first-order valence-corrected chi connectivity index (χ1v) is 20.2. The number of carboxylic acid groups (broad SMARTS) is 1. The Kier molecular flexibility index (Phi) is 12.6. The number of aliphatic hydroxyl groups is 2. The highest BCUT2D eigenvalue weighted by atomic mass is 16.8. The molecule has 0 aromatic carbocycles. The highest BCUT2D eigenvalue weighted by molar-refractivity contribution is 5.97. The highest BCUT2D eigenvalue weighted by Crippen LogP contribution is 2.53. The zero-order valence-corrected chi connectivity index (χ0v) is 33.0. The number of ketones is 2. The largest absolute Gasteiger partial charge is 0.481 e. The molecule has 0 aliphatic carbocycles. The number of hydrogen-bond acceptors (Lipinski definition) is 10. The fourth-order valence-corrected chi connectivity index (χ4v) is 10.1. The van der Waals surface area contributed by atoms with Crippen molar-refractivity contribution >= 4 is 17.5 Å². The van der Waals surface area contributed by atoms with Crippen molar-refractivity contribution in [3.05, 3.63) is 12.2 Å². The number of aliphatic carboxylic acids is 1. The summed E-state index contributed by atoms with van der Waals surface area (Å²) in [6.45, 7) is 17.3. The van der Waals surface area contributed by atoms with Crippen LogP contribution in [0.1, 0.15) is 133 Å². The van der Waals surface area contributed by atoms with Crippen LogP contribution in [0, 0.1) is 35.5 Å². The van der Waals surface area contributed by atoms with Gasteiger partial charge in [0.15, 0.2) is 5.79 Å². The number of aliphatic hydroxyl groups excluding tert-OH is 1. The average Bonchev–Trinajstić information content (AvgIpc) is 3.45. The quantitative estimate of drug-likeness (QED) is 0.211. The molecule has 16 atom stereocenters. The van der Waals surface area contributed by atoms with E-state index in [1.807, 2.05) is 55.4 Å². The van der Waals surface area contributed by atoms with E-state index in [-0.39, 0.29) is 41.7 Å². The predicted octanol–water partition coefficient (Wildman–Crippen LogP) is 6.15. The minimum absolute atomic E-state index is 0.0665. The third-order valence-electron chi connectivity index (χ3n) is 13.9. The molecular weight excluding hydrogens is 668 g/mol. The Balaban J connectivity index is 1.30. The van der Waals surface area contributed by atoms with Crippen molar-refractivity contribution in [3.8, 4) is 0 Å². The lowest BCUT2D eigenvalue weighted by molar-refractivity contribution is -0.378. The third-order valence-corrected chi connectivity index (χ3v) is 13.9. The van der Waals surface area contributed by atoms with E-state index < -0.39 is 70.7 Å². The Morgan fingerprint density at radius 2 is 1.62 bits per heavy atom. The van der Waals surface area contributed by atoms with Gasteiger partial charge in [-0.1, -0.05) is 48.5 Å². The van der Waals surface area contributed by atoms with Gasteiger partial charge in [0.05, 0.1) is 53.7 Å². The van der Waals surface area contributed by atoms with Gasteiger partial charge in [-0.05, 0) is 96.1 Å². The molecule has 16 unspecified atom stereocenters. The molecule has 0 saturated carbocycles. The summed E-state index contributed by atoms with van der Waals surface area (Å²) in [4.78, 5) is 40.1. The smallest absolute Gasteiger partial charge is 0.309 e. The van der Waals surface area contributed by atoms with Crippen LogP contribution >= 0.6 is 0 Å². The van der Waals surface area contributed by atoms with Gasteiger partial charge in [0.2, 0.25) is 11.6 Å². The lowest BCUT2D eigenvalue weighted by Gasteiger charge is -2.52. The normalized spacial score (nSPS) is 44.0. The van der Waals surface area contributed by atoms with Crippen molar-refractivity contribution in [1.29, 1.82) is 0 Å². The summed E-state index contributed by atoms with van der Waals surface area (Å²) in [6.07, 6.45) is 6.79. The Morgan fingerprint density at radius 1 is 0.942 bits per heavy atom. The Hall–Kier alpha value is -1.73. The minimum Gasteiger partial charge on any atom is -0.481 e. The van der Waals surface area contributed by atoms with Gasteiger partial charge in [-0.3, -0.25) is 14.4 Å². The fourth-order valence-electron chi connectivity index (χ4n) is 10.1. The maximum absolute atomic E-state index is 14.3. The van der Waals surface area contributed by atoms with Crippen molar-refractivity contribution < 1.29 is 53.4 Å². The van der Waals surface area contributed by atoms with Crippen molar-refractivity contribution in [2.45, 2.75) is 192 Å². The molecule has 4 fully saturated rings. The fraction of sp³-hybridized carbons (Fsp3) is 0.878. The molecule has 0 bridgehead atoms. The number of carboxylic acids is 1. The van der Waals surface area contributed by atoms with Crippen LogP contribution in [-0.4, -0.2) is 92.3 Å². The second-order valence-corrected chi connectivity index (χ2v) is 17.2. The molecule has 52 heavy (non-hydrogen) atoms. The van der Waals surface area contributed by atoms with Crippen LogP contribution in [0.5, 0.6) is 0 Å². The molecule has 5 aliphatic rings. The summed E-state index contributed by atoms with van der Waals surface area (Å²) >= 11 is 0. The van der Waals surface area contributed by atoms with Crippen molar-refractivity contribution in [2.75, 3.05) is 0 Å². The number of hydrogen-bond donors (Lipinski definition) is 3. The molecule has 296 valence electrons. The van der Waals surface area contributed by atoms with Crippen LogP contribution in [0.3, 0.4) is 0 Å². The van der Waals surface area contributed by atoms with E-state index in [2.05, 4.69) is 0 Å². The number of Topliss-reactive ketones (excluding diaryl/α,β-unsaturated/α-hetero) is 1. The summed E-state index contributed by atoms with van der Waals surface area (Å²) in [5.74, 6) is -6.92. The summed E-state index contributed by atoms with van der Waals surface area (Å²) in [6, 6.07) is 0. The van der Waals surface area contributed by atoms with Crippen molar-refractivity contribution in [1.82, 2.24) is 0 Å². The van der Waals surface area contributed by atoms with Gasteiger partial charge in [0, 0.05) is 30.1 Å². The number of carbonyl (C=O) groups excluding carboxylic acids is 2. The molecule has 5 rings (SSSR count). The van der Waals surface area contributed by atoms with Crippen molar-refractivity contribution in [2.24, 2.45) is 35.5 Å². The Labute approximate surface area is 310 Å². The number of rotatable bonds is 12. The van der Waals surface area contributed by atoms with Crippen LogP contribution in [0.25, 0.3) is 0 Å². The molecule has 5 aliphatic heterocycles. The van der Waals surface area contributed by atoms with Gasteiger partial charge >= 0.3 is 5.97 Å². The molecule has 11 nitrogen and oxygen atoms in total. The van der Waals surface area contributed by atoms with Gasteiger partial charge in [-0.2, -0.15) is 0 Å². The van der Waals surface area contributed by atoms with Crippen LogP contribution in [-0.2, 0) is 38.1 Å². The molecule has 2 spiro atoms. The second kappa shape index (κ2) is 15.8. The number of ether oxygens (including phenoxy) is 5. The summed E-state index contributed by atoms with van der Waals surface area (Å²) in [5, 5.41) is 32.3. The van der Waals surface area contributed by atoms with Gasteiger partial charge in [0.25, 0.3) is 0 Å². The zero-order chi connectivity index (χ0) is 38.4. The highest BCUT2D eigenvalue weighted by Gasteiger charge is 2.63. The predicted molar refractivity (Wildman–Crippen MR) is 193 cm³/mol. The molecule has 4 saturated heterocycles.